The summed E-state index contributed by atoms with van der Waals surface area (Å²) in [7, 11) is 1.49. The molecule has 0 amide bonds. The summed E-state index contributed by atoms with van der Waals surface area (Å²) >= 11 is 0. The SMILES string of the molecule is COc1c(O)cc(C(C)(C)C)cc1CC#N. The van der Waals surface area contributed by atoms with Crippen LogP contribution < -0.4 is 4.74 Å². The van der Waals surface area contributed by atoms with Crippen LogP contribution >= 0.6 is 0 Å². The third kappa shape index (κ3) is 2.46. The minimum absolute atomic E-state index is 0.0616. The molecule has 16 heavy (non-hydrogen) atoms. The van der Waals surface area contributed by atoms with Crippen molar-refractivity contribution in [2.75, 3.05) is 7.11 Å². The number of nitrogens with zero attached hydrogens (tertiary/aromatic N) is 1. The first-order valence-corrected chi connectivity index (χ1v) is 5.17. The van der Waals surface area contributed by atoms with Gasteiger partial charge in [0.2, 0.25) is 0 Å². The van der Waals surface area contributed by atoms with Gasteiger partial charge < -0.3 is 9.84 Å². The molecule has 86 valence electrons. The zero-order chi connectivity index (χ0) is 12.3. The third-order valence-corrected chi connectivity index (χ3v) is 2.49. The lowest BCUT2D eigenvalue weighted by Gasteiger charge is -2.21. The van der Waals surface area contributed by atoms with Crippen molar-refractivity contribution in [3.8, 4) is 17.6 Å². The molecule has 0 aliphatic heterocycles. The summed E-state index contributed by atoms with van der Waals surface area (Å²) in [5, 5.41) is 18.6. The second-order valence-electron chi connectivity index (χ2n) is 4.77. The number of hydrogen-bond acceptors (Lipinski definition) is 3. The molecule has 0 atom stereocenters. The van der Waals surface area contributed by atoms with Gasteiger partial charge in [0.05, 0.1) is 19.6 Å². The summed E-state index contributed by atoms with van der Waals surface area (Å²) in [6.07, 6.45) is 0.237. The standard InChI is InChI=1S/C13H17NO2/c1-13(2,3)10-7-9(5-6-14)12(16-4)11(15)8-10/h7-8,15H,5H2,1-4H3. The molecule has 3 nitrogen and oxygen atoms in total. The van der Waals surface area contributed by atoms with E-state index >= 15 is 0 Å². The van der Waals surface area contributed by atoms with Crippen LogP contribution in [0.15, 0.2) is 12.1 Å². The van der Waals surface area contributed by atoms with Gasteiger partial charge in [-0.25, -0.2) is 0 Å². The Morgan fingerprint density at radius 2 is 2.00 bits per heavy atom. The van der Waals surface area contributed by atoms with Crippen LogP contribution in [-0.4, -0.2) is 12.2 Å². The molecule has 0 aromatic heterocycles. The summed E-state index contributed by atoms with van der Waals surface area (Å²) < 4.78 is 5.10. The minimum Gasteiger partial charge on any atom is -0.504 e. The molecule has 0 unspecified atom stereocenters. The number of phenols is 1. The summed E-state index contributed by atoms with van der Waals surface area (Å²) in [6.45, 7) is 6.18. The van der Waals surface area contributed by atoms with Gasteiger partial charge in [-0.2, -0.15) is 5.26 Å². The van der Waals surface area contributed by atoms with Crippen molar-refractivity contribution in [1.29, 1.82) is 5.26 Å². The van der Waals surface area contributed by atoms with Crippen molar-refractivity contribution in [3.63, 3.8) is 0 Å². The summed E-state index contributed by atoms with van der Waals surface area (Å²) in [5.41, 5.74) is 1.67. The molecule has 3 heteroatoms. The number of phenolic OH excluding ortho intramolecular Hbond substituents is 1. The van der Waals surface area contributed by atoms with Crippen molar-refractivity contribution in [2.24, 2.45) is 0 Å². The summed E-state index contributed by atoms with van der Waals surface area (Å²) in [4.78, 5) is 0. The predicted molar refractivity (Wildman–Crippen MR) is 62.7 cm³/mol. The maximum absolute atomic E-state index is 9.83. The van der Waals surface area contributed by atoms with Gasteiger partial charge in [0.15, 0.2) is 11.5 Å². The molecule has 0 aliphatic carbocycles. The molecule has 1 aromatic rings. The fourth-order valence-electron chi connectivity index (χ4n) is 1.56. The number of benzene rings is 1. The Kier molecular flexibility index (Phi) is 3.44. The molecule has 0 bridgehead atoms. The second kappa shape index (κ2) is 4.44. The largest absolute Gasteiger partial charge is 0.504 e. The smallest absolute Gasteiger partial charge is 0.164 e. The number of aromatic hydroxyl groups is 1. The van der Waals surface area contributed by atoms with Gasteiger partial charge in [-0.1, -0.05) is 26.8 Å². The number of hydrogen-bond donors (Lipinski definition) is 1. The van der Waals surface area contributed by atoms with Crippen LogP contribution in [0, 0.1) is 11.3 Å². The van der Waals surface area contributed by atoms with E-state index in [1.54, 1.807) is 6.07 Å². The van der Waals surface area contributed by atoms with Crippen molar-refractivity contribution < 1.29 is 9.84 Å². The van der Waals surface area contributed by atoms with E-state index in [9.17, 15) is 5.11 Å². The van der Waals surface area contributed by atoms with E-state index in [1.807, 2.05) is 6.07 Å². The minimum atomic E-state index is -0.0616. The zero-order valence-corrected chi connectivity index (χ0v) is 10.2. The molecule has 0 saturated heterocycles. The van der Waals surface area contributed by atoms with Crippen LogP contribution in [0.4, 0.5) is 0 Å². The van der Waals surface area contributed by atoms with Crippen LogP contribution in [-0.2, 0) is 11.8 Å². The molecule has 1 N–H and O–H groups in total. The number of methoxy groups -OCH3 is 1. The van der Waals surface area contributed by atoms with E-state index in [0.29, 0.717) is 5.75 Å². The molecule has 0 fully saturated rings. The Labute approximate surface area is 96.3 Å². The average molecular weight is 219 g/mol. The van der Waals surface area contributed by atoms with E-state index in [1.165, 1.54) is 7.11 Å². The van der Waals surface area contributed by atoms with Gasteiger partial charge in [-0.3, -0.25) is 0 Å². The molecule has 0 aliphatic rings. The molecule has 1 rings (SSSR count). The van der Waals surface area contributed by atoms with Crippen LogP contribution in [0.1, 0.15) is 31.9 Å². The Balaban J connectivity index is 3.35. The van der Waals surface area contributed by atoms with Crippen molar-refractivity contribution >= 4 is 0 Å². The van der Waals surface area contributed by atoms with Gasteiger partial charge >= 0.3 is 0 Å². The quantitative estimate of drug-likeness (QED) is 0.832. The van der Waals surface area contributed by atoms with Crippen LogP contribution in [0.5, 0.6) is 11.5 Å². The number of nitriles is 1. The molecule has 0 radical (unpaired) electrons. The molecule has 0 heterocycles. The first-order chi connectivity index (χ1) is 7.40. The first kappa shape index (κ1) is 12.4. The Bertz CT molecular complexity index is 425. The van der Waals surface area contributed by atoms with Gasteiger partial charge in [0.25, 0.3) is 0 Å². The lowest BCUT2D eigenvalue weighted by molar-refractivity contribution is 0.368. The predicted octanol–water partition coefficient (Wildman–Crippen LogP) is 2.76. The monoisotopic (exact) mass is 219 g/mol. The van der Waals surface area contributed by atoms with Gasteiger partial charge in [0.1, 0.15) is 0 Å². The first-order valence-electron chi connectivity index (χ1n) is 5.17. The zero-order valence-electron chi connectivity index (χ0n) is 10.2. The lowest BCUT2D eigenvalue weighted by atomic mass is 9.85. The van der Waals surface area contributed by atoms with E-state index in [0.717, 1.165) is 11.1 Å². The van der Waals surface area contributed by atoms with Gasteiger partial charge in [0, 0.05) is 5.56 Å². The topological polar surface area (TPSA) is 53.2 Å². The van der Waals surface area contributed by atoms with Crippen molar-refractivity contribution in [2.45, 2.75) is 32.6 Å². The molecular formula is C13H17NO2. The molecule has 0 spiro atoms. The third-order valence-electron chi connectivity index (χ3n) is 2.49. The molecule has 0 saturated carbocycles. The second-order valence-corrected chi connectivity index (χ2v) is 4.77. The molecule has 1 aromatic carbocycles. The number of rotatable bonds is 2. The van der Waals surface area contributed by atoms with Crippen LogP contribution in [0.25, 0.3) is 0 Å². The average Bonchev–Trinajstić information content (AvgIpc) is 2.16. The van der Waals surface area contributed by atoms with E-state index in [4.69, 9.17) is 10.00 Å². The Morgan fingerprint density at radius 1 is 1.38 bits per heavy atom. The lowest BCUT2D eigenvalue weighted by Crippen LogP contribution is -2.11. The molecular weight excluding hydrogens is 202 g/mol. The van der Waals surface area contributed by atoms with E-state index < -0.39 is 0 Å². The Morgan fingerprint density at radius 3 is 2.44 bits per heavy atom. The highest BCUT2D eigenvalue weighted by Crippen LogP contribution is 2.36. The number of ether oxygens (including phenoxy) is 1. The summed E-state index contributed by atoms with van der Waals surface area (Å²) in [6, 6.07) is 5.69. The highest BCUT2D eigenvalue weighted by Gasteiger charge is 2.18. The fraction of sp³-hybridized carbons (Fsp3) is 0.462. The van der Waals surface area contributed by atoms with Crippen molar-refractivity contribution in [3.05, 3.63) is 23.3 Å². The van der Waals surface area contributed by atoms with Crippen LogP contribution in [0.3, 0.4) is 0 Å². The highest BCUT2D eigenvalue weighted by atomic mass is 16.5. The normalized spacial score (nSPS) is 10.9. The van der Waals surface area contributed by atoms with Crippen molar-refractivity contribution in [1.82, 2.24) is 0 Å². The van der Waals surface area contributed by atoms with E-state index in [2.05, 4.69) is 26.8 Å². The summed E-state index contributed by atoms with van der Waals surface area (Å²) in [5.74, 6) is 0.495. The van der Waals surface area contributed by atoms with Gasteiger partial charge in [-0.15, -0.1) is 0 Å². The van der Waals surface area contributed by atoms with Gasteiger partial charge in [-0.05, 0) is 17.0 Å². The fourth-order valence-corrected chi connectivity index (χ4v) is 1.56. The highest BCUT2D eigenvalue weighted by molar-refractivity contribution is 5.51. The van der Waals surface area contributed by atoms with E-state index in [-0.39, 0.29) is 17.6 Å². The maximum Gasteiger partial charge on any atom is 0.164 e. The Hall–Kier alpha value is -1.69. The van der Waals surface area contributed by atoms with Crippen LogP contribution in [0.2, 0.25) is 0 Å². The maximum atomic E-state index is 9.83.